The summed E-state index contributed by atoms with van der Waals surface area (Å²) in [5.74, 6) is -0.317. The third-order valence-electron chi connectivity index (χ3n) is 4.27. The Labute approximate surface area is 145 Å². The molecule has 0 spiro atoms. The Hall–Kier alpha value is -3.20. The quantitative estimate of drug-likeness (QED) is 0.382. The number of benzene rings is 3. The summed E-state index contributed by atoms with van der Waals surface area (Å²) in [5, 5.41) is 2.95. The van der Waals surface area contributed by atoms with Crippen LogP contribution in [0.25, 0.3) is 32.9 Å². The van der Waals surface area contributed by atoms with E-state index in [-0.39, 0.29) is 5.97 Å². The molecule has 122 valence electrons. The molecule has 0 aliphatic rings. The molecule has 0 saturated heterocycles. The van der Waals surface area contributed by atoms with Gasteiger partial charge >= 0.3 is 5.97 Å². The Balaban J connectivity index is 2.07. The van der Waals surface area contributed by atoms with E-state index in [1.807, 2.05) is 73.7 Å². The normalized spacial score (nSPS) is 10.9. The molecule has 0 unspecified atom stereocenters. The van der Waals surface area contributed by atoms with Gasteiger partial charge in [0.25, 0.3) is 0 Å². The fourth-order valence-electron chi connectivity index (χ4n) is 3.09. The van der Waals surface area contributed by atoms with E-state index in [2.05, 4.69) is 6.07 Å². The second-order valence-electron chi connectivity index (χ2n) is 5.82. The molecule has 25 heavy (non-hydrogen) atoms. The van der Waals surface area contributed by atoms with Crippen molar-refractivity contribution in [1.82, 2.24) is 4.98 Å². The number of hydrogen-bond acceptors (Lipinski definition) is 3. The van der Waals surface area contributed by atoms with E-state index in [9.17, 15) is 4.79 Å². The van der Waals surface area contributed by atoms with E-state index >= 15 is 0 Å². The number of esters is 1. The topological polar surface area (TPSA) is 39.2 Å². The Bertz CT molecular complexity index is 1070. The zero-order valence-corrected chi connectivity index (χ0v) is 13.9. The van der Waals surface area contributed by atoms with Crippen LogP contribution in [0, 0.1) is 0 Å². The van der Waals surface area contributed by atoms with Gasteiger partial charge in [-0.2, -0.15) is 0 Å². The lowest BCUT2D eigenvalue weighted by molar-refractivity contribution is 0.0528. The highest BCUT2D eigenvalue weighted by atomic mass is 16.5. The first kappa shape index (κ1) is 15.3. The van der Waals surface area contributed by atoms with E-state index in [1.165, 1.54) is 0 Å². The average molecular weight is 327 g/mol. The summed E-state index contributed by atoms with van der Waals surface area (Å²) < 4.78 is 5.27. The molecule has 0 radical (unpaired) electrons. The highest BCUT2D eigenvalue weighted by molar-refractivity contribution is 6.13. The van der Waals surface area contributed by atoms with Crippen molar-refractivity contribution >= 4 is 27.6 Å². The summed E-state index contributed by atoms with van der Waals surface area (Å²) in [6, 6.07) is 23.8. The Kier molecular flexibility index (Phi) is 3.90. The highest BCUT2D eigenvalue weighted by Gasteiger charge is 2.16. The smallest absolute Gasteiger partial charge is 0.338 e. The summed E-state index contributed by atoms with van der Waals surface area (Å²) in [4.78, 5) is 17.4. The zero-order valence-electron chi connectivity index (χ0n) is 13.9. The molecule has 0 bridgehead atoms. The van der Waals surface area contributed by atoms with Crippen molar-refractivity contribution in [3.8, 4) is 11.3 Å². The van der Waals surface area contributed by atoms with Crippen LogP contribution in [0.4, 0.5) is 0 Å². The van der Waals surface area contributed by atoms with Crippen LogP contribution in [0.15, 0.2) is 72.8 Å². The molecule has 3 heteroatoms. The van der Waals surface area contributed by atoms with Crippen molar-refractivity contribution < 1.29 is 9.53 Å². The summed E-state index contributed by atoms with van der Waals surface area (Å²) in [6.07, 6.45) is 0. The predicted octanol–water partition coefficient (Wildman–Crippen LogP) is 5.23. The molecule has 1 aromatic heterocycles. The number of ether oxygens (including phenoxy) is 1. The number of carbonyl (C=O) groups is 1. The lowest BCUT2D eigenvalue weighted by atomic mass is 10.00. The first-order chi connectivity index (χ1) is 12.3. The van der Waals surface area contributed by atoms with Gasteiger partial charge in [0.1, 0.15) is 0 Å². The number of nitrogens with zero attached hydrogens (tertiary/aromatic N) is 1. The summed E-state index contributed by atoms with van der Waals surface area (Å²) >= 11 is 0. The molecule has 4 aromatic rings. The van der Waals surface area contributed by atoms with Crippen LogP contribution in [0.2, 0.25) is 0 Å². The number of carbonyl (C=O) groups excluding carboxylic acids is 1. The molecule has 0 saturated carbocycles. The average Bonchev–Trinajstić information content (AvgIpc) is 2.68. The minimum absolute atomic E-state index is 0.317. The minimum atomic E-state index is -0.317. The number of pyridine rings is 1. The lowest BCUT2D eigenvalue weighted by Crippen LogP contribution is -2.06. The molecular weight excluding hydrogens is 310 g/mol. The molecule has 0 N–H and O–H groups in total. The van der Waals surface area contributed by atoms with E-state index in [0.717, 1.165) is 32.9 Å². The Morgan fingerprint density at radius 1 is 0.920 bits per heavy atom. The summed E-state index contributed by atoms with van der Waals surface area (Å²) in [7, 11) is 0. The van der Waals surface area contributed by atoms with Gasteiger partial charge in [-0.1, -0.05) is 66.7 Å². The van der Waals surface area contributed by atoms with Crippen LogP contribution >= 0.6 is 0 Å². The van der Waals surface area contributed by atoms with E-state index in [4.69, 9.17) is 9.72 Å². The number of rotatable bonds is 3. The standard InChI is InChI=1S/C22H17NO2/c1-2-25-22(24)19-14-20(16-9-4-3-5-10-16)23-21-17-11-7-6-8-15(17)12-13-18(19)21/h3-14H,2H2,1H3. The molecule has 4 rings (SSSR count). The van der Waals surface area contributed by atoms with Crippen molar-refractivity contribution in [2.45, 2.75) is 6.92 Å². The molecule has 0 atom stereocenters. The molecule has 0 fully saturated rings. The SMILES string of the molecule is CCOC(=O)c1cc(-c2ccccc2)nc2c1ccc1ccccc12. The van der Waals surface area contributed by atoms with Gasteiger partial charge in [-0.15, -0.1) is 0 Å². The second kappa shape index (κ2) is 6.36. The first-order valence-electron chi connectivity index (χ1n) is 8.33. The summed E-state index contributed by atoms with van der Waals surface area (Å²) in [6.45, 7) is 2.16. The monoisotopic (exact) mass is 327 g/mol. The Morgan fingerprint density at radius 2 is 1.68 bits per heavy atom. The van der Waals surface area contributed by atoms with Crippen LogP contribution in [-0.4, -0.2) is 17.6 Å². The van der Waals surface area contributed by atoms with Crippen LogP contribution < -0.4 is 0 Å². The van der Waals surface area contributed by atoms with Gasteiger partial charge in [0, 0.05) is 16.3 Å². The van der Waals surface area contributed by atoms with Gasteiger partial charge in [0.05, 0.1) is 23.4 Å². The van der Waals surface area contributed by atoms with Crippen LogP contribution in [0.5, 0.6) is 0 Å². The Morgan fingerprint density at radius 3 is 2.48 bits per heavy atom. The number of hydrogen-bond donors (Lipinski definition) is 0. The maximum absolute atomic E-state index is 12.5. The van der Waals surface area contributed by atoms with Crippen molar-refractivity contribution in [2.75, 3.05) is 6.61 Å². The van der Waals surface area contributed by atoms with Crippen molar-refractivity contribution in [2.24, 2.45) is 0 Å². The molecule has 0 aliphatic heterocycles. The maximum Gasteiger partial charge on any atom is 0.338 e. The van der Waals surface area contributed by atoms with Crippen molar-refractivity contribution in [1.29, 1.82) is 0 Å². The van der Waals surface area contributed by atoms with Crippen LogP contribution in [-0.2, 0) is 4.74 Å². The fourth-order valence-corrected chi connectivity index (χ4v) is 3.09. The first-order valence-corrected chi connectivity index (χ1v) is 8.33. The largest absolute Gasteiger partial charge is 0.462 e. The fraction of sp³-hybridized carbons (Fsp3) is 0.0909. The zero-order chi connectivity index (χ0) is 17.2. The van der Waals surface area contributed by atoms with E-state index < -0.39 is 0 Å². The molecule has 0 amide bonds. The highest BCUT2D eigenvalue weighted by Crippen LogP contribution is 2.30. The van der Waals surface area contributed by atoms with Gasteiger partial charge in [0.2, 0.25) is 0 Å². The van der Waals surface area contributed by atoms with Crippen molar-refractivity contribution in [3.63, 3.8) is 0 Å². The predicted molar refractivity (Wildman–Crippen MR) is 101 cm³/mol. The third-order valence-corrected chi connectivity index (χ3v) is 4.27. The number of aromatic nitrogens is 1. The van der Waals surface area contributed by atoms with Gasteiger partial charge in [-0.25, -0.2) is 9.78 Å². The lowest BCUT2D eigenvalue weighted by Gasteiger charge is -2.11. The van der Waals surface area contributed by atoms with E-state index in [1.54, 1.807) is 0 Å². The second-order valence-corrected chi connectivity index (χ2v) is 5.82. The van der Waals surface area contributed by atoms with Crippen LogP contribution in [0.3, 0.4) is 0 Å². The van der Waals surface area contributed by atoms with E-state index in [0.29, 0.717) is 12.2 Å². The molecule has 3 nitrogen and oxygen atoms in total. The van der Waals surface area contributed by atoms with Gasteiger partial charge in [-0.05, 0) is 18.4 Å². The van der Waals surface area contributed by atoms with Crippen molar-refractivity contribution in [3.05, 3.63) is 78.4 Å². The summed E-state index contributed by atoms with van der Waals surface area (Å²) in [5.41, 5.74) is 3.12. The third kappa shape index (κ3) is 2.74. The van der Waals surface area contributed by atoms with Gasteiger partial charge in [-0.3, -0.25) is 0 Å². The van der Waals surface area contributed by atoms with Gasteiger partial charge < -0.3 is 4.74 Å². The number of fused-ring (bicyclic) bond motifs is 3. The van der Waals surface area contributed by atoms with Gasteiger partial charge in [0.15, 0.2) is 0 Å². The molecule has 1 heterocycles. The maximum atomic E-state index is 12.5. The minimum Gasteiger partial charge on any atom is -0.462 e. The molecule has 0 aliphatic carbocycles. The molecule has 3 aromatic carbocycles. The van der Waals surface area contributed by atoms with Crippen LogP contribution in [0.1, 0.15) is 17.3 Å². The molecular formula is C22H17NO2.